The van der Waals surface area contributed by atoms with Crippen molar-refractivity contribution in [1.82, 2.24) is 9.03 Å². The Hall–Kier alpha value is -0.170. The lowest BCUT2D eigenvalue weighted by Crippen LogP contribution is -2.46. The van der Waals surface area contributed by atoms with Gasteiger partial charge in [0, 0.05) is 19.1 Å². The number of rotatable bonds is 5. The van der Waals surface area contributed by atoms with E-state index in [9.17, 15) is 13.5 Å². The minimum absolute atomic E-state index is 0.0194. The molecule has 0 spiro atoms. The zero-order valence-electron chi connectivity index (χ0n) is 10.0. The number of hydrogen-bond acceptors (Lipinski definition) is 3. The molecule has 0 unspecified atom stereocenters. The highest BCUT2D eigenvalue weighted by Crippen LogP contribution is 2.19. The van der Waals surface area contributed by atoms with Crippen LogP contribution in [0.1, 0.15) is 39.5 Å². The van der Waals surface area contributed by atoms with Crippen molar-refractivity contribution in [2.75, 3.05) is 13.1 Å². The number of aliphatic hydroxyl groups is 1. The average molecular weight is 250 g/mol. The molecule has 0 saturated heterocycles. The molecule has 0 bridgehead atoms. The third-order valence-corrected chi connectivity index (χ3v) is 4.89. The Bertz CT molecular complexity index is 293. The molecule has 0 aromatic rings. The number of nitrogens with zero attached hydrogens (tertiary/aromatic N) is 1. The van der Waals surface area contributed by atoms with Crippen LogP contribution >= 0.6 is 0 Å². The average Bonchev–Trinajstić information content (AvgIpc) is 2.22. The molecule has 1 fully saturated rings. The highest BCUT2D eigenvalue weighted by atomic mass is 32.2. The molecule has 5 nitrogen and oxygen atoms in total. The van der Waals surface area contributed by atoms with Crippen molar-refractivity contribution in [1.29, 1.82) is 0 Å². The molecule has 6 heteroatoms. The molecule has 1 rings (SSSR count). The van der Waals surface area contributed by atoms with Crippen LogP contribution in [0.15, 0.2) is 0 Å². The van der Waals surface area contributed by atoms with Crippen LogP contribution in [0.2, 0.25) is 0 Å². The molecule has 1 saturated carbocycles. The van der Waals surface area contributed by atoms with Gasteiger partial charge in [-0.3, -0.25) is 0 Å². The molecule has 0 aromatic carbocycles. The van der Waals surface area contributed by atoms with Gasteiger partial charge in [-0.15, -0.1) is 0 Å². The minimum Gasteiger partial charge on any atom is -0.393 e. The van der Waals surface area contributed by atoms with Gasteiger partial charge >= 0.3 is 0 Å². The van der Waals surface area contributed by atoms with Crippen LogP contribution in [0.25, 0.3) is 0 Å². The molecule has 0 aliphatic heterocycles. The molecular weight excluding hydrogens is 228 g/mol. The first-order valence-electron chi connectivity index (χ1n) is 5.95. The topological polar surface area (TPSA) is 69.6 Å². The molecule has 2 N–H and O–H groups in total. The fourth-order valence-corrected chi connectivity index (χ4v) is 3.53. The molecule has 0 radical (unpaired) electrons. The Balaban J connectivity index is 2.52. The molecule has 0 heterocycles. The highest BCUT2D eigenvalue weighted by Gasteiger charge is 2.26. The van der Waals surface area contributed by atoms with Gasteiger partial charge in [-0.05, 0) is 25.7 Å². The maximum absolute atomic E-state index is 11.9. The van der Waals surface area contributed by atoms with Crippen LogP contribution in [-0.4, -0.2) is 43.1 Å². The van der Waals surface area contributed by atoms with Gasteiger partial charge < -0.3 is 5.11 Å². The van der Waals surface area contributed by atoms with E-state index in [4.69, 9.17) is 0 Å². The summed E-state index contributed by atoms with van der Waals surface area (Å²) in [5.41, 5.74) is 0. The molecule has 1 aliphatic carbocycles. The summed E-state index contributed by atoms with van der Waals surface area (Å²) in [7, 11) is -3.34. The van der Waals surface area contributed by atoms with Gasteiger partial charge in [-0.25, -0.2) is 0 Å². The van der Waals surface area contributed by atoms with Crippen LogP contribution in [0.3, 0.4) is 0 Å². The summed E-state index contributed by atoms with van der Waals surface area (Å²) in [6, 6.07) is -0.0194. The fraction of sp³-hybridized carbons (Fsp3) is 1.00. The zero-order chi connectivity index (χ0) is 12.2. The van der Waals surface area contributed by atoms with E-state index in [-0.39, 0.29) is 12.1 Å². The first-order chi connectivity index (χ1) is 7.49. The second kappa shape index (κ2) is 5.95. The second-order valence-corrected chi connectivity index (χ2v) is 5.91. The van der Waals surface area contributed by atoms with Gasteiger partial charge in [0.15, 0.2) is 0 Å². The van der Waals surface area contributed by atoms with Crippen LogP contribution in [-0.2, 0) is 10.2 Å². The maximum Gasteiger partial charge on any atom is 0.279 e. The van der Waals surface area contributed by atoms with Crippen LogP contribution in [0.5, 0.6) is 0 Å². The van der Waals surface area contributed by atoms with Crippen LogP contribution in [0.4, 0.5) is 0 Å². The standard InChI is InChI=1S/C10H22N2O3S/c1-3-12(4-2)16(14,15)11-9-5-7-10(13)8-6-9/h9-11,13H,3-8H2,1-2H3. The predicted molar refractivity (Wildman–Crippen MR) is 63.2 cm³/mol. The normalized spacial score (nSPS) is 27.2. The SMILES string of the molecule is CCN(CC)S(=O)(=O)NC1CCC(O)CC1. The molecular formula is C10H22N2O3S. The van der Waals surface area contributed by atoms with Crippen LogP contribution in [0, 0.1) is 0 Å². The molecule has 1 aliphatic rings. The van der Waals surface area contributed by atoms with Crippen LogP contribution < -0.4 is 4.72 Å². The lowest BCUT2D eigenvalue weighted by atomic mass is 9.94. The van der Waals surface area contributed by atoms with E-state index >= 15 is 0 Å². The van der Waals surface area contributed by atoms with E-state index in [0.717, 1.165) is 12.8 Å². The zero-order valence-corrected chi connectivity index (χ0v) is 10.8. The Morgan fingerprint density at radius 3 is 2.12 bits per heavy atom. The Morgan fingerprint density at radius 2 is 1.69 bits per heavy atom. The second-order valence-electron chi connectivity index (χ2n) is 4.21. The summed E-state index contributed by atoms with van der Waals surface area (Å²) in [6.45, 7) is 4.63. The van der Waals surface area contributed by atoms with Crippen molar-refractivity contribution in [3.05, 3.63) is 0 Å². The molecule has 0 atom stereocenters. The van der Waals surface area contributed by atoms with Crippen molar-refractivity contribution >= 4 is 10.2 Å². The summed E-state index contributed by atoms with van der Waals surface area (Å²) in [5, 5.41) is 9.34. The minimum atomic E-state index is -3.34. The largest absolute Gasteiger partial charge is 0.393 e. The molecule has 0 aromatic heterocycles. The monoisotopic (exact) mass is 250 g/mol. The van der Waals surface area contributed by atoms with E-state index in [1.54, 1.807) is 0 Å². The first kappa shape index (κ1) is 13.9. The highest BCUT2D eigenvalue weighted by molar-refractivity contribution is 7.87. The number of aliphatic hydroxyl groups excluding tert-OH is 1. The maximum atomic E-state index is 11.9. The van der Waals surface area contributed by atoms with Gasteiger partial charge in [-0.1, -0.05) is 13.8 Å². The molecule has 96 valence electrons. The summed E-state index contributed by atoms with van der Waals surface area (Å²) < 4.78 is 27.9. The molecule has 0 amide bonds. The number of nitrogens with one attached hydrogen (secondary N) is 1. The summed E-state index contributed by atoms with van der Waals surface area (Å²) in [5.74, 6) is 0. The summed E-state index contributed by atoms with van der Waals surface area (Å²) in [6.07, 6.45) is 2.56. The van der Waals surface area contributed by atoms with Crippen molar-refractivity contribution in [2.24, 2.45) is 0 Å². The van der Waals surface area contributed by atoms with E-state index in [1.165, 1.54) is 4.31 Å². The van der Waals surface area contributed by atoms with Gasteiger partial charge in [-0.2, -0.15) is 17.4 Å². The van der Waals surface area contributed by atoms with Crippen molar-refractivity contribution < 1.29 is 13.5 Å². The quantitative estimate of drug-likeness (QED) is 0.745. The Morgan fingerprint density at radius 1 is 1.19 bits per heavy atom. The van der Waals surface area contributed by atoms with Gasteiger partial charge in [0.25, 0.3) is 10.2 Å². The van der Waals surface area contributed by atoms with Crippen molar-refractivity contribution in [3.63, 3.8) is 0 Å². The lowest BCUT2D eigenvalue weighted by molar-refractivity contribution is 0.120. The summed E-state index contributed by atoms with van der Waals surface area (Å²) in [4.78, 5) is 0. The lowest BCUT2D eigenvalue weighted by Gasteiger charge is -2.28. The predicted octanol–water partition coefficient (Wildman–Crippen LogP) is 0.466. The van der Waals surface area contributed by atoms with E-state index in [1.807, 2.05) is 13.8 Å². The Kier molecular flexibility index (Phi) is 5.17. The van der Waals surface area contributed by atoms with Gasteiger partial charge in [0.05, 0.1) is 6.10 Å². The van der Waals surface area contributed by atoms with Gasteiger partial charge in [0.1, 0.15) is 0 Å². The number of hydrogen-bond donors (Lipinski definition) is 2. The Labute approximate surface area is 98.0 Å². The van der Waals surface area contributed by atoms with Gasteiger partial charge in [0.2, 0.25) is 0 Å². The summed E-state index contributed by atoms with van der Waals surface area (Å²) >= 11 is 0. The van der Waals surface area contributed by atoms with E-state index in [2.05, 4.69) is 4.72 Å². The third-order valence-electron chi connectivity index (χ3n) is 3.06. The van der Waals surface area contributed by atoms with Crippen molar-refractivity contribution in [2.45, 2.75) is 51.7 Å². The third kappa shape index (κ3) is 3.69. The van der Waals surface area contributed by atoms with E-state index in [0.29, 0.717) is 25.9 Å². The first-order valence-corrected chi connectivity index (χ1v) is 7.39. The molecule has 16 heavy (non-hydrogen) atoms. The smallest absolute Gasteiger partial charge is 0.279 e. The van der Waals surface area contributed by atoms with Crippen molar-refractivity contribution in [3.8, 4) is 0 Å². The fourth-order valence-electron chi connectivity index (χ4n) is 2.04. The van der Waals surface area contributed by atoms with E-state index < -0.39 is 10.2 Å².